The van der Waals surface area contributed by atoms with E-state index < -0.39 is 31.0 Å². The Morgan fingerprint density at radius 1 is 1.17 bits per heavy atom. The molecule has 0 aromatic rings. The summed E-state index contributed by atoms with van der Waals surface area (Å²) in [6, 6.07) is 0. The fraction of sp³-hybridized carbons (Fsp3) is 0.545. The van der Waals surface area contributed by atoms with Crippen LogP contribution in [0.15, 0.2) is 24.5 Å². The number of hydrogen-bond donors (Lipinski definition) is 5. The van der Waals surface area contributed by atoms with Gasteiger partial charge in [0, 0.05) is 0 Å². The number of carbonyl (C=O) groups excluding carboxylic acids is 1. The largest absolute Gasteiger partial charge is 0.497 e. The van der Waals surface area contributed by atoms with Gasteiger partial charge >= 0.3 is 0 Å². The molecule has 4 unspecified atom stereocenters. The second-order valence-corrected chi connectivity index (χ2v) is 3.45. The summed E-state index contributed by atoms with van der Waals surface area (Å²) in [4.78, 5) is 9.90. The SMILES string of the molecule is C1=CCOC=C1.O=CC(O)C(O)C(O)C(O)CO. The van der Waals surface area contributed by atoms with Crippen LogP contribution in [-0.2, 0) is 9.53 Å². The molecule has 0 fully saturated rings. The molecule has 5 N–H and O–H groups in total. The van der Waals surface area contributed by atoms with E-state index in [-0.39, 0.29) is 6.29 Å². The van der Waals surface area contributed by atoms with Crippen LogP contribution in [-0.4, -0.2) is 69.4 Å². The first-order chi connectivity index (χ1) is 8.54. The summed E-state index contributed by atoms with van der Waals surface area (Å²) < 4.78 is 4.80. The molecule has 0 bridgehead atoms. The lowest BCUT2D eigenvalue weighted by molar-refractivity contribution is -0.136. The zero-order valence-corrected chi connectivity index (χ0v) is 9.66. The number of hydrogen-bond acceptors (Lipinski definition) is 7. The molecule has 1 rings (SSSR count). The van der Waals surface area contributed by atoms with Gasteiger partial charge in [-0.2, -0.15) is 0 Å². The molecule has 0 saturated carbocycles. The lowest BCUT2D eigenvalue weighted by Crippen LogP contribution is -2.46. The molecule has 4 atom stereocenters. The van der Waals surface area contributed by atoms with E-state index in [1.807, 2.05) is 18.2 Å². The van der Waals surface area contributed by atoms with Gasteiger partial charge in [-0.05, 0) is 12.2 Å². The van der Waals surface area contributed by atoms with E-state index in [4.69, 9.17) is 30.3 Å². The predicted octanol–water partition coefficient (Wildman–Crippen LogP) is -2.29. The zero-order chi connectivity index (χ0) is 14.0. The third kappa shape index (κ3) is 6.48. The number of aliphatic hydroxyl groups excluding tert-OH is 5. The molecule has 7 nitrogen and oxygen atoms in total. The molecule has 7 heteroatoms. The highest BCUT2D eigenvalue weighted by molar-refractivity contribution is 5.56. The Morgan fingerprint density at radius 3 is 2.11 bits per heavy atom. The normalized spacial score (nSPS) is 19.8. The monoisotopic (exact) mass is 262 g/mol. The number of aldehydes is 1. The Morgan fingerprint density at radius 2 is 1.83 bits per heavy atom. The van der Waals surface area contributed by atoms with Gasteiger partial charge in [-0.3, -0.25) is 0 Å². The fourth-order valence-corrected chi connectivity index (χ4v) is 0.964. The van der Waals surface area contributed by atoms with Gasteiger partial charge in [-0.1, -0.05) is 6.08 Å². The van der Waals surface area contributed by atoms with Crippen LogP contribution >= 0.6 is 0 Å². The Labute approximate surface area is 104 Å². The second kappa shape index (κ2) is 9.75. The van der Waals surface area contributed by atoms with E-state index in [0.717, 1.165) is 6.61 Å². The average molecular weight is 262 g/mol. The second-order valence-electron chi connectivity index (χ2n) is 3.45. The summed E-state index contributed by atoms with van der Waals surface area (Å²) >= 11 is 0. The average Bonchev–Trinajstić information content (AvgIpc) is 2.46. The van der Waals surface area contributed by atoms with Crippen molar-refractivity contribution in [1.82, 2.24) is 0 Å². The third-order valence-electron chi connectivity index (χ3n) is 2.03. The van der Waals surface area contributed by atoms with Gasteiger partial charge in [0.05, 0.1) is 12.9 Å². The van der Waals surface area contributed by atoms with Crippen molar-refractivity contribution in [3.05, 3.63) is 24.5 Å². The van der Waals surface area contributed by atoms with E-state index in [1.54, 1.807) is 6.26 Å². The van der Waals surface area contributed by atoms with Gasteiger partial charge in [0.2, 0.25) is 0 Å². The Balaban J connectivity index is 0.000000397. The van der Waals surface area contributed by atoms with Crippen LogP contribution in [0.5, 0.6) is 0 Å². The summed E-state index contributed by atoms with van der Waals surface area (Å²) in [7, 11) is 0. The van der Waals surface area contributed by atoms with Crippen LogP contribution in [0.1, 0.15) is 0 Å². The van der Waals surface area contributed by atoms with Crippen molar-refractivity contribution < 1.29 is 35.1 Å². The number of allylic oxidation sites excluding steroid dienone is 2. The maximum Gasteiger partial charge on any atom is 0.151 e. The molecule has 0 aromatic carbocycles. The number of ether oxygens (including phenoxy) is 1. The van der Waals surface area contributed by atoms with Crippen molar-refractivity contribution in [2.45, 2.75) is 24.4 Å². The molecule has 0 radical (unpaired) electrons. The molecule has 18 heavy (non-hydrogen) atoms. The highest BCUT2D eigenvalue weighted by atomic mass is 16.5. The van der Waals surface area contributed by atoms with Crippen molar-refractivity contribution in [2.24, 2.45) is 0 Å². The number of aliphatic hydroxyl groups is 5. The van der Waals surface area contributed by atoms with E-state index in [9.17, 15) is 4.79 Å². The minimum atomic E-state index is -1.79. The Hall–Kier alpha value is -1.25. The number of rotatable bonds is 5. The summed E-state index contributed by atoms with van der Waals surface area (Å²) in [6.45, 7) is -0.0275. The van der Waals surface area contributed by atoms with E-state index in [1.165, 1.54) is 0 Å². The molecule has 0 spiro atoms. The molecule has 104 valence electrons. The third-order valence-corrected chi connectivity index (χ3v) is 2.03. The standard InChI is InChI=1S/C6H12O6.C5H6O/c7-1-3(9)5(11)6(12)4(10)2-8;1-2-4-6-5-3-1/h1,3-6,8-12H,2H2;1-4H,5H2. The van der Waals surface area contributed by atoms with Gasteiger partial charge in [0.15, 0.2) is 6.29 Å². The molecular formula is C11H18O7. The first kappa shape index (κ1) is 16.8. The lowest BCUT2D eigenvalue weighted by Gasteiger charge is -2.22. The topological polar surface area (TPSA) is 127 Å². The van der Waals surface area contributed by atoms with Gasteiger partial charge < -0.3 is 35.1 Å². The molecule has 1 heterocycles. The van der Waals surface area contributed by atoms with Crippen molar-refractivity contribution in [2.75, 3.05) is 13.2 Å². The smallest absolute Gasteiger partial charge is 0.151 e. The summed E-state index contributed by atoms with van der Waals surface area (Å²) in [6.07, 6.45) is 0.626. The molecule has 1 aliphatic rings. The predicted molar refractivity (Wildman–Crippen MR) is 61.4 cm³/mol. The Bertz CT molecular complexity index is 265. The Kier molecular flexibility index (Phi) is 9.07. The molecule has 1 aliphatic heterocycles. The summed E-state index contributed by atoms with van der Waals surface area (Å²) in [5.74, 6) is 0. The van der Waals surface area contributed by atoms with Crippen molar-refractivity contribution in [3.63, 3.8) is 0 Å². The minimum absolute atomic E-state index is 0.0258. The van der Waals surface area contributed by atoms with Gasteiger partial charge in [-0.25, -0.2) is 0 Å². The lowest BCUT2D eigenvalue weighted by atomic mass is 10.0. The number of carbonyl (C=O) groups is 1. The van der Waals surface area contributed by atoms with Gasteiger partial charge in [-0.15, -0.1) is 0 Å². The molecular weight excluding hydrogens is 244 g/mol. The van der Waals surface area contributed by atoms with Crippen LogP contribution in [0, 0.1) is 0 Å². The van der Waals surface area contributed by atoms with Crippen molar-refractivity contribution in [3.8, 4) is 0 Å². The molecule has 0 aromatic heterocycles. The van der Waals surface area contributed by atoms with E-state index in [0.29, 0.717) is 0 Å². The maximum atomic E-state index is 9.90. The summed E-state index contributed by atoms with van der Waals surface area (Å²) in [5, 5.41) is 43.5. The maximum absolute atomic E-state index is 9.90. The van der Waals surface area contributed by atoms with Crippen LogP contribution in [0.4, 0.5) is 0 Å². The van der Waals surface area contributed by atoms with Crippen molar-refractivity contribution in [1.29, 1.82) is 0 Å². The summed E-state index contributed by atoms with van der Waals surface area (Å²) in [5.41, 5.74) is 0. The van der Waals surface area contributed by atoms with Crippen LogP contribution in [0.25, 0.3) is 0 Å². The van der Waals surface area contributed by atoms with Gasteiger partial charge in [0.1, 0.15) is 31.0 Å². The fourth-order valence-electron chi connectivity index (χ4n) is 0.964. The van der Waals surface area contributed by atoms with E-state index >= 15 is 0 Å². The molecule has 0 saturated heterocycles. The van der Waals surface area contributed by atoms with Crippen molar-refractivity contribution >= 4 is 6.29 Å². The first-order valence-electron chi connectivity index (χ1n) is 5.26. The highest BCUT2D eigenvalue weighted by Gasteiger charge is 2.29. The molecule has 0 amide bonds. The first-order valence-corrected chi connectivity index (χ1v) is 5.26. The quantitative estimate of drug-likeness (QED) is 0.353. The van der Waals surface area contributed by atoms with E-state index in [2.05, 4.69) is 0 Å². The highest BCUT2D eigenvalue weighted by Crippen LogP contribution is 2.02. The van der Waals surface area contributed by atoms with Crippen LogP contribution in [0.3, 0.4) is 0 Å². The minimum Gasteiger partial charge on any atom is -0.497 e. The van der Waals surface area contributed by atoms with Gasteiger partial charge in [0.25, 0.3) is 0 Å². The van der Waals surface area contributed by atoms with Crippen LogP contribution < -0.4 is 0 Å². The van der Waals surface area contributed by atoms with Crippen LogP contribution in [0.2, 0.25) is 0 Å². The molecule has 0 aliphatic carbocycles. The zero-order valence-electron chi connectivity index (χ0n) is 9.66.